The molecule has 0 bridgehead atoms. The molecule has 186 valence electrons. The Morgan fingerprint density at radius 3 is 2.34 bits per heavy atom. The number of hydrogen-bond acceptors (Lipinski definition) is 3. The third-order valence-corrected chi connectivity index (χ3v) is 5.67. The second-order valence-electron chi connectivity index (χ2n) is 9.89. The van der Waals surface area contributed by atoms with Gasteiger partial charge in [0.15, 0.2) is 0 Å². The van der Waals surface area contributed by atoms with E-state index >= 15 is 0 Å². The Morgan fingerprint density at radius 2 is 1.71 bits per heavy atom. The van der Waals surface area contributed by atoms with Gasteiger partial charge in [-0.25, -0.2) is 9.48 Å². The smallest absolute Gasteiger partial charge is 0.318 e. The second-order valence-corrected chi connectivity index (χ2v) is 9.89. The number of rotatable bonds is 9. The number of unbranched alkanes of at least 4 members (excludes halogenated alkanes) is 1. The molecule has 1 aromatic heterocycles. The van der Waals surface area contributed by atoms with Crippen LogP contribution in [0.25, 0.3) is 5.69 Å². The van der Waals surface area contributed by atoms with E-state index in [1.807, 2.05) is 67.6 Å². The SMILES string of the molecule is CCCCNC(=O)N(CC(=O)Nc1cc(C(C)(C)C)nn1-c1ccc(C)cc1)Cc1ccccc1. The molecule has 7 heteroatoms. The van der Waals surface area contributed by atoms with Crippen molar-refractivity contribution in [2.75, 3.05) is 18.4 Å². The molecule has 1 heterocycles. The van der Waals surface area contributed by atoms with Crippen LogP contribution in [0.15, 0.2) is 60.7 Å². The lowest BCUT2D eigenvalue weighted by Gasteiger charge is -2.23. The van der Waals surface area contributed by atoms with Crippen LogP contribution < -0.4 is 10.6 Å². The normalized spacial score (nSPS) is 11.2. The van der Waals surface area contributed by atoms with Crippen molar-refractivity contribution in [2.24, 2.45) is 0 Å². The number of carbonyl (C=O) groups excluding carboxylic acids is 2. The first-order chi connectivity index (χ1) is 16.7. The molecule has 7 nitrogen and oxygen atoms in total. The summed E-state index contributed by atoms with van der Waals surface area (Å²) in [5.74, 6) is 0.301. The minimum absolute atomic E-state index is 0.0726. The fraction of sp³-hybridized carbons (Fsp3) is 0.393. The van der Waals surface area contributed by atoms with Crippen molar-refractivity contribution >= 4 is 17.8 Å². The van der Waals surface area contributed by atoms with Crippen LogP contribution in [0.1, 0.15) is 57.4 Å². The number of anilines is 1. The van der Waals surface area contributed by atoms with Crippen LogP contribution in [0, 0.1) is 6.92 Å². The highest BCUT2D eigenvalue weighted by atomic mass is 16.2. The van der Waals surface area contributed by atoms with Crippen LogP contribution in [0.4, 0.5) is 10.6 Å². The fourth-order valence-electron chi connectivity index (χ4n) is 3.56. The van der Waals surface area contributed by atoms with Gasteiger partial charge >= 0.3 is 6.03 Å². The van der Waals surface area contributed by atoms with Gasteiger partial charge in [-0.1, -0.05) is 82.1 Å². The van der Waals surface area contributed by atoms with Crippen molar-refractivity contribution in [2.45, 2.75) is 59.4 Å². The van der Waals surface area contributed by atoms with Gasteiger partial charge in [0.25, 0.3) is 0 Å². The van der Waals surface area contributed by atoms with E-state index in [0.29, 0.717) is 18.9 Å². The van der Waals surface area contributed by atoms with Crippen LogP contribution in [0.2, 0.25) is 0 Å². The van der Waals surface area contributed by atoms with E-state index in [-0.39, 0.29) is 23.9 Å². The zero-order valence-corrected chi connectivity index (χ0v) is 21.5. The predicted octanol–water partition coefficient (Wildman–Crippen LogP) is 5.43. The van der Waals surface area contributed by atoms with E-state index in [1.165, 1.54) is 4.90 Å². The van der Waals surface area contributed by atoms with Gasteiger partial charge in [-0.15, -0.1) is 0 Å². The Labute approximate surface area is 208 Å². The van der Waals surface area contributed by atoms with Gasteiger partial charge in [-0.2, -0.15) is 5.10 Å². The number of aryl methyl sites for hydroxylation is 1. The Hall–Kier alpha value is -3.61. The van der Waals surface area contributed by atoms with Crippen molar-refractivity contribution in [1.29, 1.82) is 0 Å². The molecule has 0 spiro atoms. The number of nitrogens with one attached hydrogen (secondary N) is 2. The summed E-state index contributed by atoms with van der Waals surface area (Å²) < 4.78 is 1.75. The molecular formula is C28H37N5O2. The van der Waals surface area contributed by atoms with Crippen molar-refractivity contribution in [3.05, 3.63) is 77.5 Å². The van der Waals surface area contributed by atoms with Crippen molar-refractivity contribution in [3.8, 4) is 5.69 Å². The Kier molecular flexibility index (Phi) is 8.68. The summed E-state index contributed by atoms with van der Waals surface area (Å²) in [6, 6.07) is 19.3. The zero-order chi connectivity index (χ0) is 25.4. The maximum Gasteiger partial charge on any atom is 0.318 e. The number of urea groups is 1. The summed E-state index contributed by atoms with van der Waals surface area (Å²) in [5.41, 5.74) is 3.65. The van der Waals surface area contributed by atoms with Gasteiger partial charge in [0, 0.05) is 24.6 Å². The summed E-state index contributed by atoms with van der Waals surface area (Å²) in [6.45, 7) is 11.2. The molecule has 2 aromatic carbocycles. The molecule has 0 aliphatic carbocycles. The molecule has 3 amide bonds. The third kappa shape index (κ3) is 7.44. The molecular weight excluding hydrogens is 438 g/mol. The lowest BCUT2D eigenvalue weighted by molar-refractivity contribution is -0.116. The quantitative estimate of drug-likeness (QED) is 0.405. The minimum atomic E-state index is -0.278. The van der Waals surface area contributed by atoms with E-state index in [2.05, 4.69) is 38.3 Å². The number of aromatic nitrogens is 2. The van der Waals surface area contributed by atoms with Crippen LogP contribution in [0.5, 0.6) is 0 Å². The monoisotopic (exact) mass is 475 g/mol. The molecule has 0 aliphatic rings. The Morgan fingerprint density at radius 1 is 1.03 bits per heavy atom. The van der Waals surface area contributed by atoms with E-state index < -0.39 is 0 Å². The van der Waals surface area contributed by atoms with Crippen LogP contribution in [0.3, 0.4) is 0 Å². The highest BCUT2D eigenvalue weighted by molar-refractivity contribution is 5.94. The summed E-state index contributed by atoms with van der Waals surface area (Å²) in [7, 11) is 0. The van der Waals surface area contributed by atoms with Crippen molar-refractivity contribution in [1.82, 2.24) is 20.0 Å². The molecule has 0 saturated heterocycles. The number of benzene rings is 2. The molecule has 3 aromatic rings. The van der Waals surface area contributed by atoms with Crippen LogP contribution in [-0.2, 0) is 16.8 Å². The molecule has 0 atom stereocenters. The van der Waals surface area contributed by atoms with E-state index in [4.69, 9.17) is 5.10 Å². The number of nitrogens with zero attached hydrogens (tertiary/aromatic N) is 3. The highest BCUT2D eigenvalue weighted by Crippen LogP contribution is 2.26. The standard InChI is InChI=1S/C28H37N5O2/c1-6-7-17-29-27(35)32(19-22-11-9-8-10-12-22)20-26(34)30-25-18-24(28(3,4)5)31-33(25)23-15-13-21(2)14-16-23/h8-16,18H,6-7,17,19-20H2,1-5H3,(H,29,35)(H,30,34). The first-order valence-corrected chi connectivity index (χ1v) is 12.2. The second kappa shape index (κ2) is 11.7. The summed E-state index contributed by atoms with van der Waals surface area (Å²) in [6.07, 6.45) is 1.88. The third-order valence-electron chi connectivity index (χ3n) is 5.67. The predicted molar refractivity (Wildman–Crippen MR) is 141 cm³/mol. The van der Waals surface area contributed by atoms with E-state index in [0.717, 1.165) is 35.3 Å². The lowest BCUT2D eigenvalue weighted by Crippen LogP contribution is -2.44. The average molecular weight is 476 g/mol. The molecule has 35 heavy (non-hydrogen) atoms. The van der Waals surface area contributed by atoms with Gasteiger partial charge in [0.1, 0.15) is 12.4 Å². The maximum atomic E-state index is 13.2. The highest BCUT2D eigenvalue weighted by Gasteiger charge is 2.23. The molecule has 0 fully saturated rings. The van der Waals surface area contributed by atoms with Gasteiger partial charge in [-0.05, 0) is 31.0 Å². The lowest BCUT2D eigenvalue weighted by atomic mass is 9.92. The Bertz CT molecular complexity index is 1110. The fourth-order valence-corrected chi connectivity index (χ4v) is 3.56. The molecule has 3 rings (SSSR count). The van der Waals surface area contributed by atoms with Gasteiger partial charge in [0.2, 0.25) is 5.91 Å². The molecule has 0 unspecified atom stereocenters. The van der Waals surface area contributed by atoms with Gasteiger partial charge in [-0.3, -0.25) is 4.79 Å². The first kappa shape index (κ1) is 26.0. The topological polar surface area (TPSA) is 79.3 Å². The largest absolute Gasteiger partial charge is 0.338 e. The van der Waals surface area contributed by atoms with E-state index in [1.54, 1.807) is 4.68 Å². The van der Waals surface area contributed by atoms with Gasteiger partial charge in [0.05, 0.1) is 11.4 Å². The van der Waals surface area contributed by atoms with Crippen molar-refractivity contribution in [3.63, 3.8) is 0 Å². The molecule has 0 radical (unpaired) electrons. The molecule has 0 saturated carbocycles. The van der Waals surface area contributed by atoms with E-state index in [9.17, 15) is 9.59 Å². The molecule has 2 N–H and O–H groups in total. The van der Waals surface area contributed by atoms with Gasteiger partial charge < -0.3 is 15.5 Å². The summed E-state index contributed by atoms with van der Waals surface area (Å²) in [4.78, 5) is 27.6. The number of carbonyl (C=O) groups is 2. The number of amides is 3. The zero-order valence-electron chi connectivity index (χ0n) is 21.5. The maximum absolute atomic E-state index is 13.2. The average Bonchev–Trinajstić information content (AvgIpc) is 3.24. The molecule has 0 aliphatic heterocycles. The summed E-state index contributed by atoms with van der Waals surface area (Å²) in [5, 5.41) is 10.7. The van der Waals surface area contributed by atoms with Crippen LogP contribution >= 0.6 is 0 Å². The van der Waals surface area contributed by atoms with Crippen molar-refractivity contribution < 1.29 is 9.59 Å². The minimum Gasteiger partial charge on any atom is -0.338 e. The summed E-state index contributed by atoms with van der Waals surface area (Å²) >= 11 is 0. The Balaban J connectivity index is 1.82. The van der Waals surface area contributed by atoms with Crippen LogP contribution in [-0.4, -0.2) is 39.7 Å². The number of hydrogen-bond donors (Lipinski definition) is 2. The first-order valence-electron chi connectivity index (χ1n) is 12.2.